The van der Waals surface area contributed by atoms with E-state index >= 15 is 0 Å². The highest BCUT2D eigenvalue weighted by atomic mass is 32.2. The molecular formula is C22H24N2O4S. The van der Waals surface area contributed by atoms with Gasteiger partial charge >= 0.3 is 5.97 Å². The lowest BCUT2D eigenvalue weighted by atomic mass is 9.87. The molecule has 0 aliphatic carbocycles. The predicted molar refractivity (Wildman–Crippen MR) is 114 cm³/mol. The molecule has 0 bridgehead atoms. The average molecular weight is 413 g/mol. The van der Waals surface area contributed by atoms with E-state index in [1.807, 2.05) is 48.5 Å². The minimum atomic E-state index is -0.588. The zero-order valence-electron chi connectivity index (χ0n) is 16.7. The molecule has 2 aromatic carbocycles. The molecule has 2 amide bonds. The average Bonchev–Trinajstić information content (AvgIpc) is 2.67. The number of benzene rings is 2. The molecular weight excluding hydrogens is 388 g/mol. The Hall–Kier alpha value is -2.80. The molecule has 1 atom stereocenters. The van der Waals surface area contributed by atoms with Gasteiger partial charge in [0.1, 0.15) is 0 Å². The van der Waals surface area contributed by atoms with Gasteiger partial charge in [-0.1, -0.05) is 45.0 Å². The third-order valence-electron chi connectivity index (χ3n) is 4.46. The summed E-state index contributed by atoms with van der Waals surface area (Å²) < 4.78 is 5.05. The number of esters is 1. The Labute approximate surface area is 174 Å². The van der Waals surface area contributed by atoms with E-state index in [-0.39, 0.29) is 17.7 Å². The maximum Gasteiger partial charge on any atom is 0.307 e. The molecule has 2 aromatic rings. The van der Waals surface area contributed by atoms with Gasteiger partial charge in [-0.25, -0.2) is 0 Å². The van der Waals surface area contributed by atoms with Crippen LogP contribution >= 0.6 is 11.8 Å². The van der Waals surface area contributed by atoms with Gasteiger partial charge in [-0.3, -0.25) is 14.4 Å². The monoisotopic (exact) mass is 412 g/mol. The molecule has 0 fully saturated rings. The molecule has 152 valence electrons. The maximum atomic E-state index is 12.2. The molecule has 1 heterocycles. The van der Waals surface area contributed by atoms with Gasteiger partial charge in [0.05, 0.1) is 17.4 Å². The maximum absolute atomic E-state index is 12.2. The van der Waals surface area contributed by atoms with E-state index in [4.69, 9.17) is 4.74 Å². The fourth-order valence-electron chi connectivity index (χ4n) is 2.83. The summed E-state index contributed by atoms with van der Waals surface area (Å²) in [5.74, 6) is -1.25. The van der Waals surface area contributed by atoms with Gasteiger partial charge in [0.15, 0.2) is 6.61 Å². The number of anilines is 2. The smallest absolute Gasteiger partial charge is 0.307 e. The first-order chi connectivity index (χ1) is 13.7. The zero-order chi connectivity index (χ0) is 21.0. The molecule has 0 radical (unpaired) electrons. The van der Waals surface area contributed by atoms with Crippen molar-refractivity contribution in [2.45, 2.75) is 42.8 Å². The molecule has 0 unspecified atom stereocenters. The minimum absolute atomic E-state index is 0.0298. The topological polar surface area (TPSA) is 84.5 Å². The Balaban J connectivity index is 1.47. The first-order valence-corrected chi connectivity index (χ1v) is 10.2. The van der Waals surface area contributed by atoms with Gasteiger partial charge in [-0.15, -0.1) is 11.8 Å². The molecule has 6 nitrogen and oxygen atoms in total. The Morgan fingerprint density at radius 3 is 2.48 bits per heavy atom. The van der Waals surface area contributed by atoms with Gasteiger partial charge in [-0.05, 0) is 35.2 Å². The molecule has 0 saturated carbocycles. The third kappa shape index (κ3) is 5.60. The van der Waals surface area contributed by atoms with Crippen LogP contribution in [0.5, 0.6) is 0 Å². The van der Waals surface area contributed by atoms with Gasteiger partial charge in [0, 0.05) is 10.6 Å². The number of ether oxygens (including phenoxy) is 1. The van der Waals surface area contributed by atoms with Crippen molar-refractivity contribution < 1.29 is 19.1 Å². The van der Waals surface area contributed by atoms with E-state index in [1.165, 1.54) is 11.8 Å². The van der Waals surface area contributed by atoms with Crippen LogP contribution in [0.1, 0.15) is 32.8 Å². The molecule has 0 saturated heterocycles. The largest absolute Gasteiger partial charge is 0.456 e. The summed E-state index contributed by atoms with van der Waals surface area (Å²) in [6.45, 7) is 5.95. The lowest BCUT2D eigenvalue weighted by molar-refractivity contribution is -0.147. The van der Waals surface area contributed by atoms with Crippen LogP contribution in [0.15, 0.2) is 53.4 Å². The standard InChI is InChI=1S/C22H24N2O4S/c1-22(2,3)14-8-10-15(11-9-14)23-19(25)13-28-20(26)12-18-21(27)24-16-6-4-5-7-17(16)29-18/h4-11,18H,12-13H2,1-3H3,(H,23,25)(H,24,27)/t18-/m1/s1. The Morgan fingerprint density at radius 1 is 1.10 bits per heavy atom. The second kappa shape index (κ2) is 8.69. The second-order valence-corrected chi connectivity index (χ2v) is 9.08. The van der Waals surface area contributed by atoms with E-state index in [1.54, 1.807) is 0 Å². The number of carbonyl (C=O) groups excluding carboxylic acids is 3. The van der Waals surface area contributed by atoms with Crippen LogP contribution in [0.2, 0.25) is 0 Å². The molecule has 1 aliphatic heterocycles. The van der Waals surface area contributed by atoms with Crippen LogP contribution in [-0.2, 0) is 24.5 Å². The molecule has 3 rings (SSSR count). The highest BCUT2D eigenvalue weighted by Gasteiger charge is 2.29. The van der Waals surface area contributed by atoms with Crippen molar-refractivity contribution in [3.05, 3.63) is 54.1 Å². The van der Waals surface area contributed by atoms with E-state index in [0.717, 1.165) is 16.1 Å². The van der Waals surface area contributed by atoms with Crippen LogP contribution in [-0.4, -0.2) is 29.6 Å². The highest BCUT2D eigenvalue weighted by Crippen LogP contribution is 2.36. The number of amides is 2. The van der Waals surface area contributed by atoms with Crippen molar-refractivity contribution >= 4 is 40.9 Å². The lowest BCUT2D eigenvalue weighted by Crippen LogP contribution is -2.32. The zero-order valence-corrected chi connectivity index (χ0v) is 17.5. The Bertz CT molecular complexity index is 919. The number of carbonyl (C=O) groups is 3. The highest BCUT2D eigenvalue weighted by molar-refractivity contribution is 8.01. The van der Waals surface area contributed by atoms with Gasteiger partial charge < -0.3 is 15.4 Å². The molecule has 0 aromatic heterocycles. The lowest BCUT2D eigenvalue weighted by Gasteiger charge is -2.23. The number of para-hydroxylation sites is 1. The molecule has 0 spiro atoms. The minimum Gasteiger partial charge on any atom is -0.456 e. The fraction of sp³-hybridized carbons (Fsp3) is 0.318. The van der Waals surface area contributed by atoms with Crippen LogP contribution in [0.3, 0.4) is 0 Å². The summed E-state index contributed by atoms with van der Waals surface area (Å²) in [7, 11) is 0. The van der Waals surface area contributed by atoms with Gasteiger partial charge in [0.25, 0.3) is 5.91 Å². The van der Waals surface area contributed by atoms with E-state index in [0.29, 0.717) is 5.69 Å². The summed E-state index contributed by atoms with van der Waals surface area (Å²) in [6.07, 6.45) is -0.0988. The van der Waals surface area contributed by atoms with Crippen molar-refractivity contribution in [2.75, 3.05) is 17.2 Å². The molecule has 7 heteroatoms. The number of thioether (sulfide) groups is 1. The first kappa shape index (κ1) is 20.9. The summed E-state index contributed by atoms with van der Waals surface area (Å²) in [5, 5.41) is 4.90. The van der Waals surface area contributed by atoms with Crippen molar-refractivity contribution in [1.82, 2.24) is 0 Å². The number of hydrogen-bond donors (Lipinski definition) is 2. The van der Waals surface area contributed by atoms with E-state index in [2.05, 4.69) is 31.4 Å². The molecule has 1 aliphatic rings. The quantitative estimate of drug-likeness (QED) is 0.726. The summed E-state index contributed by atoms with van der Waals surface area (Å²) >= 11 is 1.32. The van der Waals surface area contributed by atoms with Gasteiger partial charge in [-0.2, -0.15) is 0 Å². The van der Waals surface area contributed by atoms with Crippen molar-refractivity contribution in [3.8, 4) is 0 Å². The first-order valence-electron chi connectivity index (χ1n) is 9.35. The Morgan fingerprint density at radius 2 is 1.79 bits per heavy atom. The number of hydrogen-bond acceptors (Lipinski definition) is 5. The van der Waals surface area contributed by atoms with Crippen molar-refractivity contribution in [2.24, 2.45) is 0 Å². The summed E-state index contributed by atoms with van der Waals surface area (Å²) in [6, 6.07) is 15.0. The van der Waals surface area contributed by atoms with E-state index in [9.17, 15) is 14.4 Å². The van der Waals surface area contributed by atoms with Crippen LogP contribution in [0.4, 0.5) is 11.4 Å². The van der Waals surface area contributed by atoms with Crippen LogP contribution < -0.4 is 10.6 Å². The van der Waals surface area contributed by atoms with Crippen LogP contribution in [0, 0.1) is 0 Å². The third-order valence-corrected chi connectivity index (χ3v) is 5.73. The predicted octanol–water partition coefficient (Wildman–Crippen LogP) is 3.97. The van der Waals surface area contributed by atoms with Crippen LogP contribution in [0.25, 0.3) is 0 Å². The Kier molecular flexibility index (Phi) is 6.27. The van der Waals surface area contributed by atoms with Crippen molar-refractivity contribution in [1.29, 1.82) is 0 Å². The van der Waals surface area contributed by atoms with Crippen molar-refractivity contribution in [3.63, 3.8) is 0 Å². The summed E-state index contributed by atoms with van der Waals surface area (Å²) in [5.41, 5.74) is 2.57. The molecule has 2 N–H and O–H groups in total. The van der Waals surface area contributed by atoms with E-state index < -0.39 is 23.7 Å². The summed E-state index contributed by atoms with van der Waals surface area (Å²) in [4.78, 5) is 37.2. The van der Waals surface area contributed by atoms with Gasteiger partial charge in [0.2, 0.25) is 5.91 Å². The number of nitrogens with one attached hydrogen (secondary N) is 2. The normalized spacial score (nSPS) is 15.8. The SMILES string of the molecule is CC(C)(C)c1ccc(NC(=O)COC(=O)C[C@H]2Sc3ccccc3NC2=O)cc1. The number of rotatable bonds is 5. The second-order valence-electron chi connectivity index (χ2n) is 7.83. The fourth-order valence-corrected chi connectivity index (χ4v) is 3.93. The number of fused-ring (bicyclic) bond motifs is 1. The molecule has 29 heavy (non-hydrogen) atoms.